The Bertz CT molecular complexity index is 1030. The molecule has 0 atom stereocenters. The van der Waals surface area contributed by atoms with Crippen LogP contribution in [0.25, 0.3) is 17.1 Å². The van der Waals surface area contributed by atoms with E-state index < -0.39 is 0 Å². The Morgan fingerprint density at radius 3 is 2.66 bits per heavy atom. The summed E-state index contributed by atoms with van der Waals surface area (Å²) in [6.07, 6.45) is 10.9. The van der Waals surface area contributed by atoms with E-state index in [1.165, 1.54) is 12.0 Å². The van der Waals surface area contributed by atoms with Crippen LogP contribution in [0.15, 0.2) is 72.4 Å². The largest absolute Gasteiger partial charge is 0.273 e. The maximum absolute atomic E-state index is 4.50. The van der Waals surface area contributed by atoms with Crippen LogP contribution in [-0.2, 0) is 6.54 Å². The fraction of sp³-hybridized carbons (Fsp3) is 0.273. The molecule has 0 aliphatic carbocycles. The van der Waals surface area contributed by atoms with E-state index in [4.69, 9.17) is 0 Å². The van der Waals surface area contributed by atoms with Gasteiger partial charge in [-0.15, -0.1) is 10.2 Å². The van der Waals surface area contributed by atoms with Crippen LogP contribution >= 0.6 is 11.8 Å². The summed E-state index contributed by atoms with van der Waals surface area (Å²) in [4.78, 5) is 4.25. The third kappa shape index (κ3) is 4.74. The van der Waals surface area contributed by atoms with Crippen LogP contribution in [0.5, 0.6) is 0 Å². The lowest BCUT2D eigenvalue weighted by Crippen LogP contribution is -2.02. The first-order valence-corrected chi connectivity index (χ1v) is 10.8. The highest BCUT2D eigenvalue weighted by Gasteiger charge is 2.17. The lowest BCUT2D eigenvalue weighted by atomic mass is 10.2. The maximum Gasteiger partial charge on any atom is 0.196 e. The van der Waals surface area contributed by atoms with E-state index in [0.29, 0.717) is 0 Å². The molecule has 3 heterocycles. The molecule has 148 valence electrons. The molecule has 7 heteroatoms. The summed E-state index contributed by atoms with van der Waals surface area (Å²) in [6, 6.07) is 14.3. The van der Waals surface area contributed by atoms with Crippen molar-refractivity contribution >= 4 is 11.8 Å². The molecular weight excluding hydrogens is 380 g/mol. The number of para-hydroxylation sites is 1. The summed E-state index contributed by atoms with van der Waals surface area (Å²) in [7, 11) is 0. The number of rotatable bonds is 9. The number of aryl methyl sites for hydroxylation is 2. The van der Waals surface area contributed by atoms with Crippen LogP contribution in [0.4, 0.5) is 0 Å². The number of aromatic nitrogens is 6. The number of thioether (sulfide) groups is 1. The number of hydrogen-bond acceptors (Lipinski definition) is 5. The summed E-state index contributed by atoms with van der Waals surface area (Å²) in [5.74, 6) is 1.84. The Labute approximate surface area is 175 Å². The zero-order valence-corrected chi connectivity index (χ0v) is 17.3. The lowest BCUT2D eigenvalue weighted by Gasteiger charge is -2.12. The Morgan fingerprint density at radius 2 is 1.86 bits per heavy atom. The number of pyridine rings is 1. The summed E-state index contributed by atoms with van der Waals surface area (Å²) in [6.45, 7) is 3.09. The zero-order chi connectivity index (χ0) is 19.9. The summed E-state index contributed by atoms with van der Waals surface area (Å²) in [5, 5.41) is 14.2. The fourth-order valence-electron chi connectivity index (χ4n) is 3.23. The Morgan fingerprint density at radius 1 is 0.931 bits per heavy atom. The molecule has 1 aromatic carbocycles. The van der Waals surface area contributed by atoms with Gasteiger partial charge in [0.1, 0.15) is 0 Å². The SMILES string of the molecule is Cc1ccccc1-n1c(SCCCCCn2cccn2)nnc1-c1cccnc1. The van der Waals surface area contributed by atoms with Gasteiger partial charge in [0.2, 0.25) is 0 Å². The first kappa shape index (κ1) is 19.4. The molecule has 0 amide bonds. The van der Waals surface area contributed by atoms with Gasteiger partial charge in [-0.2, -0.15) is 5.10 Å². The zero-order valence-electron chi connectivity index (χ0n) is 16.5. The van der Waals surface area contributed by atoms with Crippen molar-refractivity contribution in [2.45, 2.75) is 37.9 Å². The highest BCUT2D eigenvalue weighted by atomic mass is 32.2. The van der Waals surface area contributed by atoms with Crippen molar-refractivity contribution in [3.8, 4) is 17.1 Å². The topological polar surface area (TPSA) is 61.4 Å². The van der Waals surface area contributed by atoms with Gasteiger partial charge in [-0.3, -0.25) is 14.2 Å². The number of benzene rings is 1. The van der Waals surface area contributed by atoms with Gasteiger partial charge in [0, 0.05) is 42.6 Å². The third-order valence-electron chi connectivity index (χ3n) is 4.73. The monoisotopic (exact) mass is 404 g/mol. The maximum atomic E-state index is 4.50. The van der Waals surface area contributed by atoms with Crippen molar-refractivity contribution in [3.05, 3.63) is 72.8 Å². The van der Waals surface area contributed by atoms with Gasteiger partial charge in [0.05, 0.1) is 5.69 Å². The summed E-state index contributed by atoms with van der Waals surface area (Å²) in [5.41, 5.74) is 3.27. The predicted octanol–water partition coefficient (Wildman–Crippen LogP) is 4.80. The van der Waals surface area contributed by atoms with Crippen molar-refractivity contribution in [2.24, 2.45) is 0 Å². The molecule has 0 bridgehead atoms. The van der Waals surface area contributed by atoms with E-state index in [2.05, 4.69) is 56.0 Å². The van der Waals surface area contributed by atoms with E-state index in [1.807, 2.05) is 41.5 Å². The van der Waals surface area contributed by atoms with Gasteiger partial charge >= 0.3 is 0 Å². The van der Waals surface area contributed by atoms with E-state index >= 15 is 0 Å². The molecule has 0 aliphatic heterocycles. The van der Waals surface area contributed by atoms with Crippen LogP contribution in [-0.4, -0.2) is 35.3 Å². The van der Waals surface area contributed by atoms with Gasteiger partial charge < -0.3 is 0 Å². The molecule has 6 nitrogen and oxygen atoms in total. The van der Waals surface area contributed by atoms with E-state index in [0.717, 1.165) is 47.4 Å². The summed E-state index contributed by atoms with van der Waals surface area (Å²) < 4.78 is 4.14. The van der Waals surface area contributed by atoms with Crippen molar-refractivity contribution in [2.75, 3.05) is 5.75 Å². The van der Waals surface area contributed by atoms with E-state index in [-0.39, 0.29) is 0 Å². The van der Waals surface area contributed by atoms with Crippen LogP contribution < -0.4 is 0 Å². The molecule has 0 spiro atoms. The second-order valence-electron chi connectivity index (χ2n) is 6.85. The van der Waals surface area contributed by atoms with Crippen molar-refractivity contribution in [1.29, 1.82) is 0 Å². The Kier molecular flexibility index (Phi) is 6.36. The van der Waals surface area contributed by atoms with Crippen molar-refractivity contribution in [3.63, 3.8) is 0 Å². The molecule has 0 radical (unpaired) electrons. The quantitative estimate of drug-likeness (QED) is 0.296. The molecule has 0 saturated heterocycles. The minimum Gasteiger partial charge on any atom is -0.273 e. The molecule has 0 fully saturated rings. The van der Waals surface area contributed by atoms with Crippen LogP contribution in [0, 0.1) is 6.92 Å². The average molecular weight is 405 g/mol. The molecule has 0 N–H and O–H groups in total. The van der Waals surface area contributed by atoms with Gasteiger partial charge in [-0.25, -0.2) is 0 Å². The Balaban J connectivity index is 1.47. The molecule has 0 unspecified atom stereocenters. The minimum atomic E-state index is 0.827. The molecule has 4 rings (SSSR count). The number of nitrogens with zero attached hydrogens (tertiary/aromatic N) is 6. The molecule has 4 aromatic rings. The number of unbranched alkanes of at least 4 members (excludes halogenated alkanes) is 2. The van der Waals surface area contributed by atoms with Crippen LogP contribution in [0.3, 0.4) is 0 Å². The molecular formula is C22H24N6S. The van der Waals surface area contributed by atoms with Crippen LogP contribution in [0.1, 0.15) is 24.8 Å². The van der Waals surface area contributed by atoms with Gasteiger partial charge in [-0.05, 0) is 49.6 Å². The van der Waals surface area contributed by atoms with Crippen molar-refractivity contribution in [1.82, 2.24) is 29.5 Å². The van der Waals surface area contributed by atoms with Gasteiger partial charge in [-0.1, -0.05) is 36.4 Å². The lowest BCUT2D eigenvalue weighted by molar-refractivity contribution is 0.554. The minimum absolute atomic E-state index is 0.827. The smallest absolute Gasteiger partial charge is 0.196 e. The first-order valence-electron chi connectivity index (χ1n) is 9.85. The third-order valence-corrected chi connectivity index (χ3v) is 5.75. The fourth-order valence-corrected chi connectivity index (χ4v) is 4.17. The highest BCUT2D eigenvalue weighted by molar-refractivity contribution is 7.99. The molecule has 29 heavy (non-hydrogen) atoms. The van der Waals surface area contributed by atoms with E-state index in [1.54, 1.807) is 18.0 Å². The second kappa shape index (κ2) is 9.52. The van der Waals surface area contributed by atoms with E-state index in [9.17, 15) is 0 Å². The number of hydrogen-bond donors (Lipinski definition) is 0. The van der Waals surface area contributed by atoms with Crippen molar-refractivity contribution < 1.29 is 0 Å². The van der Waals surface area contributed by atoms with Gasteiger partial charge in [0.25, 0.3) is 0 Å². The van der Waals surface area contributed by atoms with Gasteiger partial charge in [0.15, 0.2) is 11.0 Å². The normalized spacial score (nSPS) is 11.1. The average Bonchev–Trinajstić information content (AvgIpc) is 3.42. The Hall–Kier alpha value is -2.93. The van der Waals surface area contributed by atoms with Crippen LogP contribution in [0.2, 0.25) is 0 Å². The molecule has 0 saturated carbocycles. The molecule has 3 aromatic heterocycles. The second-order valence-corrected chi connectivity index (χ2v) is 7.91. The predicted molar refractivity (Wildman–Crippen MR) is 116 cm³/mol. The summed E-state index contributed by atoms with van der Waals surface area (Å²) >= 11 is 1.76. The standard InChI is InChI=1S/C22H24N6S/c1-18-9-3-4-11-20(18)28-21(19-10-7-12-23-17-19)25-26-22(28)29-16-6-2-5-14-27-15-8-13-24-27/h3-4,7-13,15,17H,2,5-6,14,16H2,1H3. The highest BCUT2D eigenvalue weighted by Crippen LogP contribution is 2.29. The molecule has 0 aliphatic rings. The first-order chi connectivity index (χ1) is 14.3.